The van der Waals surface area contributed by atoms with E-state index in [1.165, 1.54) is 5.56 Å². The van der Waals surface area contributed by atoms with E-state index in [-0.39, 0.29) is 5.76 Å². The van der Waals surface area contributed by atoms with Gasteiger partial charge in [0.25, 0.3) is 0 Å². The Hall–Kier alpha value is -2.95. The molecular formula is C20H23N3O2. The molecule has 25 heavy (non-hydrogen) atoms. The molecule has 0 amide bonds. The Morgan fingerprint density at radius 1 is 1.40 bits per heavy atom. The molecule has 0 fully saturated rings. The lowest BCUT2D eigenvalue weighted by Gasteiger charge is -2.03. The molecule has 0 spiro atoms. The number of H-pyrrole nitrogens is 2. The van der Waals surface area contributed by atoms with Crippen molar-refractivity contribution < 1.29 is 9.84 Å². The first kappa shape index (κ1) is 16.9. The van der Waals surface area contributed by atoms with Crippen LogP contribution in [0.5, 0.6) is 0 Å². The number of aliphatic hydroxyl groups is 1. The third-order valence-electron chi connectivity index (χ3n) is 4.43. The number of methoxy groups -OCH3 is 1. The van der Waals surface area contributed by atoms with Gasteiger partial charge < -0.3 is 19.8 Å². The number of nitrogens with one attached hydrogen (secondary N) is 2. The Bertz CT molecular complexity index is 880. The van der Waals surface area contributed by atoms with E-state index in [1.54, 1.807) is 7.11 Å². The van der Waals surface area contributed by atoms with Crippen molar-refractivity contribution in [2.24, 2.45) is 4.99 Å². The predicted octanol–water partition coefficient (Wildman–Crippen LogP) is 4.34. The first-order valence-corrected chi connectivity index (χ1v) is 8.24. The van der Waals surface area contributed by atoms with E-state index >= 15 is 0 Å². The number of hydrogen-bond donors (Lipinski definition) is 3. The molecule has 2 aromatic rings. The minimum Gasteiger partial charge on any atom is -0.513 e. The Labute approximate surface area is 147 Å². The lowest BCUT2D eigenvalue weighted by Crippen LogP contribution is -1.93. The maximum absolute atomic E-state index is 9.36. The number of nitrogens with zero attached hydrogens (tertiary/aromatic N) is 1. The fraction of sp³-hybridized carbons (Fsp3) is 0.250. The highest BCUT2D eigenvalue weighted by atomic mass is 16.5. The maximum atomic E-state index is 9.36. The van der Waals surface area contributed by atoms with Crippen LogP contribution in [0, 0.1) is 13.8 Å². The number of aliphatic hydroxyl groups excluding tert-OH is 1. The van der Waals surface area contributed by atoms with Crippen LogP contribution in [0.4, 0.5) is 0 Å². The molecule has 3 heterocycles. The summed E-state index contributed by atoms with van der Waals surface area (Å²) in [4.78, 5) is 11.3. The van der Waals surface area contributed by atoms with E-state index < -0.39 is 0 Å². The predicted molar refractivity (Wildman–Crippen MR) is 101 cm³/mol. The van der Waals surface area contributed by atoms with Gasteiger partial charge in [-0.3, -0.25) is 0 Å². The first-order valence-electron chi connectivity index (χ1n) is 8.24. The van der Waals surface area contributed by atoms with E-state index in [2.05, 4.69) is 28.5 Å². The van der Waals surface area contributed by atoms with Gasteiger partial charge in [-0.25, -0.2) is 4.99 Å². The highest BCUT2D eigenvalue weighted by Gasteiger charge is 2.18. The first-order chi connectivity index (χ1) is 12.0. The topological polar surface area (TPSA) is 73.4 Å². The van der Waals surface area contributed by atoms with E-state index in [9.17, 15) is 5.11 Å². The van der Waals surface area contributed by atoms with Gasteiger partial charge in [0.2, 0.25) is 0 Å². The van der Waals surface area contributed by atoms with Crippen LogP contribution in [0.1, 0.15) is 34.6 Å². The summed E-state index contributed by atoms with van der Waals surface area (Å²) in [5.41, 5.74) is 7.06. The third-order valence-corrected chi connectivity index (χ3v) is 4.43. The van der Waals surface area contributed by atoms with Gasteiger partial charge in [-0.1, -0.05) is 6.58 Å². The van der Waals surface area contributed by atoms with Crippen molar-refractivity contribution in [1.29, 1.82) is 0 Å². The zero-order valence-electron chi connectivity index (χ0n) is 14.8. The Morgan fingerprint density at radius 3 is 2.84 bits per heavy atom. The lowest BCUT2D eigenvalue weighted by atomic mass is 10.0. The molecule has 0 radical (unpaired) electrons. The van der Waals surface area contributed by atoms with E-state index in [1.807, 2.05) is 37.4 Å². The van der Waals surface area contributed by atoms with Crippen molar-refractivity contribution in [2.75, 3.05) is 7.11 Å². The second-order valence-electron chi connectivity index (χ2n) is 6.16. The monoisotopic (exact) mass is 337 g/mol. The van der Waals surface area contributed by atoms with Crippen LogP contribution in [0.2, 0.25) is 0 Å². The number of aromatic amines is 2. The fourth-order valence-corrected chi connectivity index (χ4v) is 3.05. The van der Waals surface area contributed by atoms with E-state index in [0.717, 1.165) is 46.2 Å². The summed E-state index contributed by atoms with van der Waals surface area (Å²) >= 11 is 0. The van der Waals surface area contributed by atoms with Crippen molar-refractivity contribution in [3.8, 4) is 0 Å². The highest BCUT2D eigenvalue weighted by molar-refractivity contribution is 6.11. The number of aliphatic imine (C=N–C) groups is 1. The summed E-state index contributed by atoms with van der Waals surface area (Å²) in [5.74, 6) is 0.946. The highest BCUT2D eigenvalue weighted by Crippen LogP contribution is 2.28. The van der Waals surface area contributed by atoms with Crippen LogP contribution in [-0.2, 0) is 11.2 Å². The molecule has 3 N–H and O–H groups in total. The molecule has 0 unspecified atom stereocenters. The molecule has 1 aliphatic rings. The minimum absolute atomic E-state index is 0.209. The number of rotatable bonds is 6. The molecule has 5 heteroatoms. The van der Waals surface area contributed by atoms with Crippen LogP contribution in [0.25, 0.3) is 6.08 Å². The third kappa shape index (κ3) is 3.45. The van der Waals surface area contributed by atoms with Crippen LogP contribution in [-0.4, -0.2) is 27.9 Å². The van der Waals surface area contributed by atoms with Crippen molar-refractivity contribution in [2.45, 2.75) is 26.7 Å². The molecule has 0 saturated carbocycles. The second-order valence-corrected chi connectivity index (χ2v) is 6.16. The molecule has 0 bridgehead atoms. The van der Waals surface area contributed by atoms with Gasteiger partial charge in [0, 0.05) is 30.1 Å². The van der Waals surface area contributed by atoms with Gasteiger partial charge in [0.15, 0.2) is 0 Å². The number of ether oxygens (including phenoxy) is 1. The van der Waals surface area contributed by atoms with Gasteiger partial charge in [-0.15, -0.1) is 0 Å². The minimum atomic E-state index is 0.209. The molecule has 0 atom stereocenters. The SMILES string of the molecule is C=C(O)CCc1c(C)[nH]c(/C=C2\N=C(c3ccc[nH]3)C=C2OC)c1C. The van der Waals surface area contributed by atoms with Gasteiger partial charge in [0.1, 0.15) is 11.5 Å². The van der Waals surface area contributed by atoms with Gasteiger partial charge in [-0.2, -0.15) is 0 Å². The largest absolute Gasteiger partial charge is 0.513 e. The average Bonchev–Trinajstić information content (AvgIpc) is 3.27. The fourth-order valence-electron chi connectivity index (χ4n) is 3.05. The van der Waals surface area contributed by atoms with Crippen LogP contribution >= 0.6 is 0 Å². The molecule has 2 aromatic heterocycles. The lowest BCUT2D eigenvalue weighted by molar-refractivity contribution is 0.303. The normalized spacial score (nSPS) is 15.4. The summed E-state index contributed by atoms with van der Waals surface area (Å²) < 4.78 is 5.49. The number of aromatic nitrogens is 2. The number of hydrogen-bond acceptors (Lipinski definition) is 3. The summed E-state index contributed by atoms with van der Waals surface area (Å²) in [6.45, 7) is 7.68. The van der Waals surface area contributed by atoms with Crippen LogP contribution in [0.15, 0.2) is 53.2 Å². The molecular weight excluding hydrogens is 314 g/mol. The van der Waals surface area contributed by atoms with Crippen molar-refractivity contribution >= 4 is 11.8 Å². The summed E-state index contributed by atoms with van der Waals surface area (Å²) in [7, 11) is 1.65. The molecule has 5 nitrogen and oxygen atoms in total. The van der Waals surface area contributed by atoms with Crippen molar-refractivity contribution in [1.82, 2.24) is 9.97 Å². The molecule has 1 aliphatic heterocycles. The summed E-state index contributed by atoms with van der Waals surface area (Å²) in [6.07, 6.45) is 7.13. The van der Waals surface area contributed by atoms with E-state index in [0.29, 0.717) is 6.42 Å². The summed E-state index contributed by atoms with van der Waals surface area (Å²) in [6, 6.07) is 3.93. The Kier molecular flexibility index (Phi) is 4.65. The van der Waals surface area contributed by atoms with E-state index in [4.69, 9.17) is 4.74 Å². The van der Waals surface area contributed by atoms with Crippen molar-refractivity contribution in [3.63, 3.8) is 0 Å². The molecule has 0 aromatic carbocycles. The van der Waals surface area contributed by atoms with Gasteiger partial charge in [-0.05, 0) is 49.6 Å². The molecule has 0 aliphatic carbocycles. The molecule has 3 rings (SSSR count). The average molecular weight is 337 g/mol. The number of allylic oxidation sites excluding steroid dienone is 2. The smallest absolute Gasteiger partial charge is 0.146 e. The van der Waals surface area contributed by atoms with Crippen LogP contribution < -0.4 is 0 Å². The zero-order valence-corrected chi connectivity index (χ0v) is 14.8. The maximum Gasteiger partial charge on any atom is 0.146 e. The Morgan fingerprint density at radius 2 is 2.20 bits per heavy atom. The van der Waals surface area contributed by atoms with Gasteiger partial charge >= 0.3 is 0 Å². The van der Waals surface area contributed by atoms with Crippen molar-refractivity contribution in [3.05, 3.63) is 76.4 Å². The number of aryl methyl sites for hydroxylation is 1. The summed E-state index contributed by atoms with van der Waals surface area (Å²) in [5, 5.41) is 9.36. The standard InChI is InChI=1S/C20H23N3O2/c1-12(24)7-8-15-13(2)17(22-14(15)3)10-19-20(25-4)11-18(23-19)16-6-5-9-21-16/h5-6,9-11,21-22,24H,1,7-8H2,2-4H3/b19-10-. The van der Waals surface area contributed by atoms with Crippen LogP contribution in [0.3, 0.4) is 0 Å². The van der Waals surface area contributed by atoms with Gasteiger partial charge in [0.05, 0.1) is 24.3 Å². The quantitative estimate of drug-likeness (QED) is 0.686. The Balaban J connectivity index is 1.94. The second kappa shape index (κ2) is 6.89. The zero-order chi connectivity index (χ0) is 18.0. The molecule has 130 valence electrons. The molecule has 0 saturated heterocycles.